The van der Waals surface area contributed by atoms with E-state index in [0.717, 1.165) is 0 Å². The molecule has 2 nitrogen and oxygen atoms in total. The largest absolute Gasteiger partial charge is 0.391 e. The second kappa shape index (κ2) is 6.07. The van der Waals surface area contributed by atoms with E-state index in [4.69, 9.17) is 0 Å². The maximum absolute atomic E-state index is 12.6. The zero-order valence-electron chi connectivity index (χ0n) is 9.76. The van der Waals surface area contributed by atoms with Crippen LogP contribution in [0.25, 0.3) is 0 Å². The third kappa shape index (κ3) is 4.16. The quantitative estimate of drug-likeness (QED) is 0.732. The zero-order chi connectivity index (χ0) is 13.1. The Hall–Kier alpha value is -0.260. The van der Waals surface area contributed by atoms with Crippen LogP contribution in [-0.2, 0) is 4.79 Å². The molecule has 0 radical (unpaired) electrons. The molecule has 0 aromatic rings. The first kappa shape index (κ1) is 14.8. The van der Waals surface area contributed by atoms with Crippen LogP contribution in [0.2, 0.25) is 0 Å². The molecule has 0 heterocycles. The summed E-state index contributed by atoms with van der Waals surface area (Å²) in [5.74, 6) is -1.92. The molecule has 1 aliphatic rings. The molecule has 0 aliphatic heterocycles. The average molecular weight is 316 g/mol. The second-order valence-electron chi connectivity index (χ2n) is 4.55. The molecule has 2 atom stereocenters. The van der Waals surface area contributed by atoms with Gasteiger partial charge in [0.2, 0.25) is 5.91 Å². The van der Waals surface area contributed by atoms with E-state index in [9.17, 15) is 18.0 Å². The number of amides is 1. The van der Waals surface area contributed by atoms with Crippen LogP contribution in [0.1, 0.15) is 25.7 Å². The molecule has 6 heteroatoms. The number of carbonyl (C=O) groups is 1. The van der Waals surface area contributed by atoms with Crippen LogP contribution in [0.3, 0.4) is 0 Å². The minimum Gasteiger partial charge on any atom is -0.345 e. The zero-order valence-corrected chi connectivity index (χ0v) is 11.4. The Labute approximate surface area is 108 Å². The fraction of sp³-hybridized carbons (Fsp3) is 0.909. The summed E-state index contributed by atoms with van der Waals surface area (Å²) >= 11 is 3.21. The van der Waals surface area contributed by atoms with Crippen LogP contribution in [0, 0.1) is 11.8 Å². The number of halogens is 4. The molecule has 100 valence electrons. The van der Waals surface area contributed by atoms with Crippen LogP contribution in [0.15, 0.2) is 0 Å². The maximum Gasteiger partial charge on any atom is 0.391 e. The van der Waals surface area contributed by atoms with Crippen molar-refractivity contribution in [3.05, 3.63) is 0 Å². The molecule has 0 saturated heterocycles. The van der Waals surface area contributed by atoms with Crippen LogP contribution < -0.4 is 0 Å². The Morgan fingerprint density at radius 1 is 1.41 bits per heavy atom. The molecular formula is C11H17BrF3NO. The topological polar surface area (TPSA) is 20.3 Å². The summed E-state index contributed by atoms with van der Waals surface area (Å²) in [6.07, 6.45) is -2.97. The first-order chi connectivity index (χ1) is 7.86. The van der Waals surface area contributed by atoms with Crippen molar-refractivity contribution in [2.24, 2.45) is 11.8 Å². The van der Waals surface area contributed by atoms with Gasteiger partial charge in [-0.1, -0.05) is 22.4 Å². The molecule has 17 heavy (non-hydrogen) atoms. The highest BCUT2D eigenvalue weighted by molar-refractivity contribution is 9.09. The summed E-state index contributed by atoms with van der Waals surface area (Å²) in [4.78, 5) is 13.4. The second-order valence-corrected chi connectivity index (χ2v) is 5.34. The highest BCUT2D eigenvalue weighted by Crippen LogP contribution is 2.40. The van der Waals surface area contributed by atoms with Gasteiger partial charge in [-0.15, -0.1) is 0 Å². The van der Waals surface area contributed by atoms with Crippen molar-refractivity contribution < 1.29 is 18.0 Å². The molecular weight excluding hydrogens is 299 g/mol. The summed E-state index contributed by atoms with van der Waals surface area (Å²) in [7, 11) is 1.64. The fourth-order valence-corrected chi connectivity index (χ4v) is 2.79. The van der Waals surface area contributed by atoms with E-state index >= 15 is 0 Å². The minimum atomic E-state index is -4.16. The normalized spacial score (nSPS) is 25.7. The molecule has 1 amide bonds. The molecule has 0 spiro atoms. The van der Waals surface area contributed by atoms with Crippen molar-refractivity contribution in [2.75, 3.05) is 18.9 Å². The van der Waals surface area contributed by atoms with E-state index in [1.807, 2.05) is 0 Å². The summed E-state index contributed by atoms with van der Waals surface area (Å²) < 4.78 is 37.8. The molecule has 1 aliphatic carbocycles. The highest BCUT2D eigenvalue weighted by Gasteiger charge is 2.43. The van der Waals surface area contributed by atoms with E-state index in [2.05, 4.69) is 15.9 Å². The van der Waals surface area contributed by atoms with E-state index < -0.39 is 18.0 Å². The molecule has 0 aromatic carbocycles. The van der Waals surface area contributed by atoms with Gasteiger partial charge in [0.15, 0.2) is 0 Å². The molecule has 0 N–H and O–H groups in total. The Morgan fingerprint density at radius 3 is 2.59 bits per heavy atom. The summed E-state index contributed by atoms with van der Waals surface area (Å²) in [5.41, 5.74) is 0. The lowest BCUT2D eigenvalue weighted by atomic mass is 9.80. The molecule has 1 rings (SSSR count). The third-order valence-electron chi connectivity index (χ3n) is 3.28. The van der Waals surface area contributed by atoms with Gasteiger partial charge in [-0.2, -0.15) is 13.2 Å². The van der Waals surface area contributed by atoms with Crippen molar-refractivity contribution in [1.82, 2.24) is 4.90 Å². The van der Waals surface area contributed by atoms with Gasteiger partial charge in [0.05, 0.1) is 5.92 Å². The number of carbonyl (C=O) groups excluding carboxylic acids is 1. The van der Waals surface area contributed by atoms with E-state index in [1.165, 1.54) is 4.90 Å². The van der Waals surface area contributed by atoms with Crippen molar-refractivity contribution in [2.45, 2.75) is 31.9 Å². The van der Waals surface area contributed by atoms with Gasteiger partial charge in [0.1, 0.15) is 0 Å². The van der Waals surface area contributed by atoms with Gasteiger partial charge in [-0.05, 0) is 19.3 Å². The van der Waals surface area contributed by atoms with Crippen LogP contribution in [0.4, 0.5) is 13.2 Å². The molecule has 1 saturated carbocycles. The fourth-order valence-electron chi connectivity index (χ4n) is 2.26. The lowest BCUT2D eigenvalue weighted by Gasteiger charge is -2.32. The van der Waals surface area contributed by atoms with E-state index in [-0.39, 0.29) is 18.7 Å². The van der Waals surface area contributed by atoms with Crippen molar-refractivity contribution in [1.29, 1.82) is 0 Å². The van der Waals surface area contributed by atoms with Gasteiger partial charge in [-0.3, -0.25) is 4.79 Å². The smallest absolute Gasteiger partial charge is 0.345 e. The van der Waals surface area contributed by atoms with Crippen LogP contribution in [-0.4, -0.2) is 35.9 Å². The van der Waals surface area contributed by atoms with E-state index in [1.54, 1.807) is 7.05 Å². The lowest BCUT2D eigenvalue weighted by molar-refractivity contribution is -0.187. The van der Waals surface area contributed by atoms with Gasteiger partial charge in [-0.25, -0.2) is 0 Å². The van der Waals surface area contributed by atoms with Gasteiger partial charge < -0.3 is 4.90 Å². The van der Waals surface area contributed by atoms with Crippen LogP contribution in [0.5, 0.6) is 0 Å². The van der Waals surface area contributed by atoms with Crippen molar-refractivity contribution >= 4 is 21.8 Å². The average Bonchev–Trinajstić information content (AvgIpc) is 2.27. The Kier molecular flexibility index (Phi) is 5.28. The van der Waals surface area contributed by atoms with E-state index in [0.29, 0.717) is 24.7 Å². The number of nitrogens with zero attached hydrogens (tertiary/aromatic N) is 1. The molecule has 1 fully saturated rings. The van der Waals surface area contributed by atoms with Gasteiger partial charge in [0, 0.05) is 24.8 Å². The minimum absolute atomic E-state index is 0.0467. The molecule has 0 bridgehead atoms. The highest BCUT2D eigenvalue weighted by atomic mass is 79.9. The van der Waals surface area contributed by atoms with Gasteiger partial charge in [0.25, 0.3) is 0 Å². The lowest BCUT2D eigenvalue weighted by Crippen LogP contribution is -2.39. The SMILES string of the molecule is CN(CCBr)C(=O)C1CCCC(C(F)(F)F)C1. The first-order valence-electron chi connectivity index (χ1n) is 5.74. The number of hydrogen-bond acceptors (Lipinski definition) is 1. The predicted molar refractivity (Wildman–Crippen MR) is 62.9 cm³/mol. The molecule has 2 unspecified atom stereocenters. The van der Waals surface area contributed by atoms with Crippen molar-refractivity contribution in [3.63, 3.8) is 0 Å². The number of alkyl halides is 4. The Bertz CT molecular complexity index is 270. The molecule has 0 aromatic heterocycles. The Balaban J connectivity index is 2.57. The standard InChI is InChI=1S/C11H17BrF3NO/c1-16(6-5-12)10(17)8-3-2-4-9(7-8)11(13,14)15/h8-9H,2-7H2,1H3. The summed E-state index contributed by atoms with van der Waals surface area (Å²) in [6, 6.07) is 0. The number of hydrogen-bond donors (Lipinski definition) is 0. The predicted octanol–water partition coefficient (Wildman–Crippen LogP) is 3.21. The maximum atomic E-state index is 12.6. The third-order valence-corrected chi connectivity index (χ3v) is 3.64. The first-order valence-corrected chi connectivity index (χ1v) is 6.86. The summed E-state index contributed by atoms with van der Waals surface area (Å²) in [6.45, 7) is 0.534. The van der Waals surface area contributed by atoms with Crippen LogP contribution >= 0.6 is 15.9 Å². The Morgan fingerprint density at radius 2 is 2.06 bits per heavy atom. The van der Waals surface area contributed by atoms with Gasteiger partial charge >= 0.3 is 6.18 Å². The van der Waals surface area contributed by atoms with Crippen molar-refractivity contribution in [3.8, 4) is 0 Å². The monoisotopic (exact) mass is 315 g/mol. The number of rotatable bonds is 3. The summed E-state index contributed by atoms with van der Waals surface area (Å²) in [5, 5.41) is 0.644.